The number of aromatic nitrogens is 1. The van der Waals surface area contributed by atoms with Crippen LogP contribution in [-0.4, -0.2) is 24.7 Å². The van der Waals surface area contributed by atoms with Crippen LogP contribution in [0.3, 0.4) is 0 Å². The molecule has 0 atom stereocenters. The molecule has 0 aliphatic heterocycles. The fourth-order valence-corrected chi connectivity index (χ4v) is 2.78. The highest BCUT2D eigenvalue weighted by atomic mass is 19.1. The van der Waals surface area contributed by atoms with E-state index >= 15 is 0 Å². The summed E-state index contributed by atoms with van der Waals surface area (Å²) in [5.41, 5.74) is 0.790. The molecule has 27 heavy (non-hydrogen) atoms. The first kappa shape index (κ1) is 18.4. The van der Waals surface area contributed by atoms with Crippen molar-refractivity contribution >= 4 is 22.6 Å². The van der Waals surface area contributed by atoms with Crippen molar-refractivity contribution in [2.75, 3.05) is 19.0 Å². The minimum Gasteiger partial charge on any atom is -0.497 e. The van der Waals surface area contributed by atoms with Crippen LogP contribution in [0.5, 0.6) is 5.75 Å². The van der Waals surface area contributed by atoms with E-state index in [0.717, 1.165) is 11.3 Å². The number of nitrogens with one attached hydrogen (secondary N) is 2. The SMILES string of the molecule is CCOC(=O)c1c(NCc2ccc(OC)cc2)c2cc(F)ccc2[nH]c1=O. The number of hydrogen-bond donors (Lipinski definition) is 2. The molecule has 0 aliphatic rings. The van der Waals surface area contributed by atoms with Gasteiger partial charge in [0.25, 0.3) is 5.56 Å². The molecule has 0 saturated heterocycles. The Kier molecular flexibility index (Phi) is 5.40. The molecule has 0 radical (unpaired) electrons. The van der Waals surface area contributed by atoms with Gasteiger partial charge < -0.3 is 19.8 Å². The molecule has 0 amide bonds. The van der Waals surface area contributed by atoms with Crippen molar-refractivity contribution in [1.82, 2.24) is 4.98 Å². The van der Waals surface area contributed by atoms with Gasteiger partial charge in [-0.05, 0) is 42.8 Å². The average Bonchev–Trinajstić information content (AvgIpc) is 2.66. The van der Waals surface area contributed by atoms with Crippen LogP contribution in [0.4, 0.5) is 10.1 Å². The number of esters is 1. The van der Waals surface area contributed by atoms with Crippen molar-refractivity contribution in [3.8, 4) is 5.75 Å². The van der Waals surface area contributed by atoms with Gasteiger partial charge in [0.05, 0.1) is 24.9 Å². The summed E-state index contributed by atoms with van der Waals surface area (Å²) in [4.78, 5) is 27.4. The van der Waals surface area contributed by atoms with E-state index in [1.165, 1.54) is 18.2 Å². The first-order valence-electron chi connectivity index (χ1n) is 8.43. The summed E-state index contributed by atoms with van der Waals surface area (Å²) >= 11 is 0. The summed E-state index contributed by atoms with van der Waals surface area (Å²) < 4.78 is 23.9. The second-order valence-corrected chi connectivity index (χ2v) is 5.82. The van der Waals surface area contributed by atoms with Crippen molar-refractivity contribution < 1.29 is 18.7 Å². The van der Waals surface area contributed by atoms with Gasteiger partial charge in [-0.15, -0.1) is 0 Å². The lowest BCUT2D eigenvalue weighted by Gasteiger charge is -2.14. The molecular formula is C20H19FN2O4. The van der Waals surface area contributed by atoms with Crippen molar-refractivity contribution in [3.05, 3.63) is 69.8 Å². The zero-order chi connectivity index (χ0) is 19.4. The van der Waals surface area contributed by atoms with Crippen LogP contribution in [0.2, 0.25) is 0 Å². The van der Waals surface area contributed by atoms with E-state index in [0.29, 0.717) is 17.4 Å². The molecule has 0 bridgehead atoms. The molecule has 140 valence electrons. The van der Waals surface area contributed by atoms with E-state index in [1.54, 1.807) is 26.2 Å². The molecule has 1 aromatic heterocycles. The van der Waals surface area contributed by atoms with Gasteiger partial charge in [-0.2, -0.15) is 0 Å². The summed E-state index contributed by atoms with van der Waals surface area (Å²) in [7, 11) is 1.58. The van der Waals surface area contributed by atoms with Gasteiger partial charge in [0.1, 0.15) is 17.1 Å². The summed E-state index contributed by atoms with van der Waals surface area (Å²) in [5.74, 6) is -0.520. The van der Waals surface area contributed by atoms with Gasteiger partial charge in [0.15, 0.2) is 0 Å². The van der Waals surface area contributed by atoms with Crippen LogP contribution in [0, 0.1) is 5.82 Å². The van der Waals surface area contributed by atoms with Gasteiger partial charge in [-0.25, -0.2) is 9.18 Å². The number of H-pyrrole nitrogens is 1. The molecule has 0 fully saturated rings. The Morgan fingerprint density at radius 1 is 1.19 bits per heavy atom. The monoisotopic (exact) mass is 370 g/mol. The Balaban J connectivity index is 2.06. The first-order chi connectivity index (χ1) is 13.0. The molecule has 0 aliphatic carbocycles. The first-order valence-corrected chi connectivity index (χ1v) is 8.43. The van der Waals surface area contributed by atoms with Gasteiger partial charge in [-0.1, -0.05) is 12.1 Å². The molecule has 0 saturated carbocycles. The van der Waals surface area contributed by atoms with Gasteiger partial charge >= 0.3 is 5.97 Å². The third kappa shape index (κ3) is 3.92. The predicted octanol–water partition coefficient (Wildman–Crippen LogP) is 3.46. The van der Waals surface area contributed by atoms with Gasteiger partial charge in [0, 0.05) is 11.9 Å². The quantitative estimate of drug-likeness (QED) is 0.650. The smallest absolute Gasteiger partial charge is 0.345 e. The second kappa shape index (κ2) is 7.90. The highest BCUT2D eigenvalue weighted by Crippen LogP contribution is 2.26. The predicted molar refractivity (Wildman–Crippen MR) is 101 cm³/mol. The Morgan fingerprint density at radius 2 is 1.93 bits per heavy atom. The summed E-state index contributed by atoms with van der Waals surface area (Å²) in [6.45, 7) is 2.10. The van der Waals surface area contributed by atoms with Crippen LogP contribution >= 0.6 is 0 Å². The molecule has 3 aromatic rings. The maximum atomic E-state index is 13.8. The lowest BCUT2D eigenvalue weighted by Crippen LogP contribution is -2.23. The number of benzene rings is 2. The number of ether oxygens (including phenoxy) is 2. The van der Waals surface area contributed by atoms with Crippen molar-refractivity contribution in [2.24, 2.45) is 0 Å². The van der Waals surface area contributed by atoms with E-state index < -0.39 is 17.3 Å². The summed E-state index contributed by atoms with van der Waals surface area (Å²) in [6, 6.07) is 11.3. The normalized spacial score (nSPS) is 10.6. The Labute approximate surface area is 154 Å². The number of carbonyl (C=O) groups excluding carboxylic acids is 1. The Hall–Kier alpha value is -3.35. The topological polar surface area (TPSA) is 80.4 Å². The molecule has 0 spiro atoms. The highest BCUT2D eigenvalue weighted by Gasteiger charge is 2.21. The third-order valence-corrected chi connectivity index (χ3v) is 4.08. The van der Waals surface area contributed by atoms with Crippen molar-refractivity contribution in [3.63, 3.8) is 0 Å². The van der Waals surface area contributed by atoms with Crippen LogP contribution in [-0.2, 0) is 11.3 Å². The van der Waals surface area contributed by atoms with Crippen LogP contribution in [0.25, 0.3) is 10.9 Å². The number of halogens is 1. The third-order valence-electron chi connectivity index (χ3n) is 4.08. The minimum atomic E-state index is -0.762. The fraction of sp³-hybridized carbons (Fsp3) is 0.200. The minimum absolute atomic E-state index is 0.122. The number of carbonyl (C=O) groups is 1. The fourth-order valence-electron chi connectivity index (χ4n) is 2.78. The number of fused-ring (bicyclic) bond motifs is 1. The van der Waals surface area contributed by atoms with Crippen LogP contribution < -0.4 is 15.6 Å². The van der Waals surface area contributed by atoms with E-state index in [2.05, 4.69) is 10.3 Å². The van der Waals surface area contributed by atoms with Gasteiger partial charge in [0.2, 0.25) is 0 Å². The van der Waals surface area contributed by atoms with E-state index in [9.17, 15) is 14.0 Å². The number of hydrogen-bond acceptors (Lipinski definition) is 5. The second-order valence-electron chi connectivity index (χ2n) is 5.82. The van der Waals surface area contributed by atoms with Crippen molar-refractivity contribution in [1.29, 1.82) is 0 Å². The molecule has 1 heterocycles. The maximum absolute atomic E-state index is 13.8. The Morgan fingerprint density at radius 3 is 2.59 bits per heavy atom. The maximum Gasteiger partial charge on any atom is 0.345 e. The number of pyridine rings is 1. The van der Waals surface area contributed by atoms with E-state index in [1.807, 2.05) is 12.1 Å². The molecular weight excluding hydrogens is 351 g/mol. The van der Waals surface area contributed by atoms with Crippen LogP contribution in [0.15, 0.2) is 47.3 Å². The average molecular weight is 370 g/mol. The lowest BCUT2D eigenvalue weighted by molar-refractivity contribution is 0.0525. The molecule has 7 heteroatoms. The summed E-state index contributed by atoms with van der Waals surface area (Å²) in [5, 5.41) is 3.48. The molecule has 0 unspecified atom stereocenters. The molecule has 3 rings (SSSR count). The molecule has 2 N–H and O–H groups in total. The summed E-state index contributed by atoms with van der Waals surface area (Å²) in [6.07, 6.45) is 0. The van der Waals surface area contributed by atoms with Gasteiger partial charge in [-0.3, -0.25) is 4.79 Å². The number of methoxy groups -OCH3 is 1. The van der Waals surface area contributed by atoms with Crippen molar-refractivity contribution in [2.45, 2.75) is 13.5 Å². The zero-order valence-electron chi connectivity index (χ0n) is 15.0. The molecule has 6 nitrogen and oxygen atoms in total. The van der Waals surface area contributed by atoms with Crippen LogP contribution in [0.1, 0.15) is 22.8 Å². The number of rotatable bonds is 6. The zero-order valence-corrected chi connectivity index (χ0v) is 15.0. The standard InChI is InChI=1S/C20H19FN2O4/c1-3-27-20(25)17-18(22-11-12-4-7-14(26-2)8-5-12)15-10-13(21)6-9-16(15)23-19(17)24/h4-10H,3,11H2,1-2H3,(H2,22,23,24). The largest absolute Gasteiger partial charge is 0.497 e. The molecule has 2 aromatic carbocycles. The highest BCUT2D eigenvalue weighted by molar-refractivity contribution is 6.04. The number of aromatic amines is 1. The van der Waals surface area contributed by atoms with E-state index in [4.69, 9.17) is 9.47 Å². The number of anilines is 1. The van der Waals surface area contributed by atoms with E-state index in [-0.39, 0.29) is 17.9 Å². The Bertz CT molecular complexity index is 1030. The lowest BCUT2D eigenvalue weighted by atomic mass is 10.1.